The third kappa shape index (κ3) is 9.06. The lowest BCUT2D eigenvalue weighted by atomic mass is 9.83. The highest BCUT2D eigenvalue weighted by molar-refractivity contribution is 5.97. The summed E-state index contributed by atoms with van der Waals surface area (Å²) in [5, 5.41) is 2.94. The molecule has 3 aliphatic rings. The molecule has 2 fully saturated rings. The average molecular weight is 583 g/mol. The van der Waals surface area contributed by atoms with Crippen LogP contribution < -0.4 is 10.1 Å². The standard InChI is InChI=1S/C33H46N2O7/c1-22-5-6-25(15-22)17-26(31(38)33(3)21-42-33)19-30(37)29(18-24-7-9-28(40-4)10-8-24)34-32(39)23(2)16-27(36)20-35-11-13-41-14-12-35/h7-10,15,22-23,26,29H,5-6,11-14,16-21H2,1-4H3,(H,34,39)/t22?,23-,26-,29+,33-/m1/s1. The molecule has 1 aromatic rings. The summed E-state index contributed by atoms with van der Waals surface area (Å²) in [6.45, 7) is 8.91. The molecule has 2 saturated heterocycles. The van der Waals surface area contributed by atoms with E-state index in [0.29, 0.717) is 51.0 Å². The van der Waals surface area contributed by atoms with Crippen molar-refractivity contribution in [3.05, 3.63) is 41.5 Å². The van der Waals surface area contributed by atoms with Crippen LogP contribution in [0, 0.1) is 17.8 Å². The third-order valence-electron chi connectivity index (χ3n) is 8.66. The van der Waals surface area contributed by atoms with Gasteiger partial charge in [0.2, 0.25) is 5.91 Å². The number of ketones is 3. The fourth-order valence-corrected chi connectivity index (χ4v) is 5.86. The average Bonchev–Trinajstić information content (AvgIpc) is 3.60. The fourth-order valence-electron chi connectivity index (χ4n) is 5.86. The molecule has 1 aliphatic carbocycles. The Balaban J connectivity index is 1.45. The number of hydrogen-bond acceptors (Lipinski definition) is 8. The minimum atomic E-state index is -0.834. The summed E-state index contributed by atoms with van der Waals surface area (Å²) >= 11 is 0. The van der Waals surface area contributed by atoms with E-state index in [-0.39, 0.29) is 49.1 Å². The third-order valence-corrected chi connectivity index (χ3v) is 8.66. The van der Waals surface area contributed by atoms with Crippen molar-refractivity contribution in [3.63, 3.8) is 0 Å². The van der Waals surface area contributed by atoms with Gasteiger partial charge < -0.3 is 19.5 Å². The van der Waals surface area contributed by atoms with E-state index in [1.54, 1.807) is 21.0 Å². The van der Waals surface area contributed by atoms with Crippen LogP contribution >= 0.6 is 0 Å². The number of methoxy groups -OCH3 is 1. The van der Waals surface area contributed by atoms with E-state index in [1.165, 1.54) is 5.57 Å². The lowest BCUT2D eigenvalue weighted by molar-refractivity contribution is -0.134. The number of allylic oxidation sites excluding steroid dienone is 2. The van der Waals surface area contributed by atoms with Gasteiger partial charge in [-0.1, -0.05) is 37.6 Å². The van der Waals surface area contributed by atoms with E-state index in [0.717, 1.165) is 18.4 Å². The van der Waals surface area contributed by atoms with Crippen LogP contribution in [0.15, 0.2) is 35.9 Å². The van der Waals surface area contributed by atoms with Gasteiger partial charge in [0.05, 0.1) is 39.5 Å². The van der Waals surface area contributed by atoms with Gasteiger partial charge in [0.15, 0.2) is 11.6 Å². The summed E-state index contributed by atoms with van der Waals surface area (Å²) in [5.41, 5.74) is 1.24. The maximum Gasteiger partial charge on any atom is 0.223 e. The molecule has 1 unspecified atom stereocenters. The van der Waals surface area contributed by atoms with Gasteiger partial charge in [0.25, 0.3) is 0 Å². The minimum Gasteiger partial charge on any atom is -0.497 e. The van der Waals surface area contributed by atoms with Crippen molar-refractivity contribution in [3.8, 4) is 5.75 Å². The summed E-state index contributed by atoms with van der Waals surface area (Å²) in [6, 6.07) is 6.54. The van der Waals surface area contributed by atoms with Gasteiger partial charge in [-0.2, -0.15) is 0 Å². The zero-order chi connectivity index (χ0) is 30.3. The summed E-state index contributed by atoms with van der Waals surface area (Å²) in [4.78, 5) is 55.4. The van der Waals surface area contributed by atoms with Crippen molar-refractivity contribution >= 4 is 23.3 Å². The monoisotopic (exact) mass is 582 g/mol. The van der Waals surface area contributed by atoms with Crippen LogP contribution in [0.2, 0.25) is 0 Å². The molecule has 0 spiro atoms. The molecule has 1 aromatic carbocycles. The SMILES string of the molecule is COc1ccc(C[C@H](NC(=O)[C@H](C)CC(=O)CN2CCOCC2)C(=O)C[C@@H](CC2=CC(C)CC2)C(=O)[C@@]2(C)CO2)cc1. The number of hydrogen-bond donors (Lipinski definition) is 1. The van der Waals surface area contributed by atoms with E-state index in [1.807, 2.05) is 29.2 Å². The number of nitrogens with zero attached hydrogens (tertiary/aromatic N) is 1. The molecule has 230 valence electrons. The van der Waals surface area contributed by atoms with E-state index in [9.17, 15) is 19.2 Å². The first-order chi connectivity index (χ1) is 20.1. The Morgan fingerprint density at radius 1 is 1.10 bits per heavy atom. The molecule has 2 aliphatic heterocycles. The molecular weight excluding hydrogens is 536 g/mol. The topological polar surface area (TPSA) is 115 Å². The van der Waals surface area contributed by atoms with Crippen LogP contribution in [0.3, 0.4) is 0 Å². The fraction of sp³-hybridized carbons (Fsp3) is 0.636. The Morgan fingerprint density at radius 2 is 1.79 bits per heavy atom. The number of amides is 1. The second kappa shape index (κ2) is 14.5. The normalized spacial score (nSPS) is 24.3. The highest BCUT2D eigenvalue weighted by atomic mass is 16.6. The number of epoxide rings is 1. The predicted molar refractivity (Wildman–Crippen MR) is 158 cm³/mol. The molecule has 1 N–H and O–H groups in total. The summed E-state index contributed by atoms with van der Waals surface area (Å²) < 4.78 is 16.1. The van der Waals surface area contributed by atoms with Crippen molar-refractivity contribution < 1.29 is 33.4 Å². The first-order valence-corrected chi connectivity index (χ1v) is 15.2. The molecule has 2 heterocycles. The van der Waals surface area contributed by atoms with Crippen molar-refractivity contribution in [1.29, 1.82) is 0 Å². The smallest absolute Gasteiger partial charge is 0.223 e. The largest absolute Gasteiger partial charge is 0.497 e. The maximum absolute atomic E-state index is 13.9. The highest BCUT2D eigenvalue weighted by Gasteiger charge is 2.50. The van der Waals surface area contributed by atoms with Crippen LogP contribution in [0.4, 0.5) is 0 Å². The number of ether oxygens (including phenoxy) is 3. The minimum absolute atomic E-state index is 0.0139. The van der Waals surface area contributed by atoms with Crippen LogP contribution in [0.25, 0.3) is 0 Å². The van der Waals surface area contributed by atoms with E-state index in [2.05, 4.69) is 18.3 Å². The summed E-state index contributed by atoms with van der Waals surface area (Å²) in [5.74, 6) is -0.539. The number of benzene rings is 1. The first kappa shape index (κ1) is 32.0. The van der Waals surface area contributed by atoms with E-state index < -0.39 is 23.5 Å². The number of morpholine rings is 1. The van der Waals surface area contributed by atoms with Crippen LogP contribution in [0.1, 0.15) is 58.4 Å². The van der Waals surface area contributed by atoms with Crippen LogP contribution in [-0.4, -0.2) is 86.4 Å². The van der Waals surface area contributed by atoms with Crippen molar-refractivity contribution in [2.45, 2.75) is 70.9 Å². The first-order valence-electron chi connectivity index (χ1n) is 15.2. The van der Waals surface area contributed by atoms with Gasteiger partial charge in [-0.3, -0.25) is 24.1 Å². The lowest BCUT2D eigenvalue weighted by Crippen LogP contribution is -2.46. The van der Waals surface area contributed by atoms with Gasteiger partial charge in [-0.05, 0) is 56.2 Å². The number of carbonyl (C=O) groups is 4. The zero-order valence-electron chi connectivity index (χ0n) is 25.5. The van der Waals surface area contributed by atoms with Gasteiger partial charge in [0, 0.05) is 37.8 Å². The Morgan fingerprint density at radius 3 is 2.38 bits per heavy atom. The number of carbonyl (C=O) groups excluding carboxylic acids is 4. The van der Waals surface area contributed by atoms with Crippen LogP contribution in [-0.2, 0) is 35.1 Å². The van der Waals surface area contributed by atoms with Crippen LogP contribution in [0.5, 0.6) is 5.75 Å². The van der Waals surface area contributed by atoms with Gasteiger partial charge in [-0.25, -0.2) is 0 Å². The molecule has 1 amide bonds. The maximum atomic E-state index is 13.9. The van der Waals surface area contributed by atoms with Crippen molar-refractivity contribution in [2.75, 3.05) is 46.6 Å². The molecule has 0 bridgehead atoms. The molecule has 0 saturated carbocycles. The van der Waals surface area contributed by atoms with E-state index >= 15 is 0 Å². The molecule has 42 heavy (non-hydrogen) atoms. The number of rotatable bonds is 16. The molecule has 0 aromatic heterocycles. The van der Waals surface area contributed by atoms with Gasteiger partial charge in [0.1, 0.15) is 17.1 Å². The zero-order valence-corrected chi connectivity index (χ0v) is 25.5. The molecule has 0 radical (unpaired) electrons. The predicted octanol–water partition coefficient (Wildman–Crippen LogP) is 3.33. The molecule has 9 heteroatoms. The second-order valence-electron chi connectivity index (χ2n) is 12.4. The summed E-state index contributed by atoms with van der Waals surface area (Å²) in [7, 11) is 1.59. The Hall–Kier alpha value is -2.88. The van der Waals surface area contributed by atoms with Gasteiger partial charge >= 0.3 is 0 Å². The number of nitrogens with one attached hydrogen (secondary N) is 1. The van der Waals surface area contributed by atoms with Gasteiger partial charge in [-0.15, -0.1) is 0 Å². The molecule has 5 atom stereocenters. The Labute approximate surface area is 249 Å². The summed E-state index contributed by atoms with van der Waals surface area (Å²) in [6.07, 6.45) is 5.12. The highest BCUT2D eigenvalue weighted by Crippen LogP contribution is 2.36. The molecule has 9 nitrogen and oxygen atoms in total. The molecular formula is C33H46N2O7. The Bertz CT molecular complexity index is 1150. The number of Topliss-reactive ketones (excluding diaryl/α,β-unsaturated/α-hetero) is 3. The quantitative estimate of drug-likeness (QED) is 0.233. The Kier molecular flexibility index (Phi) is 11.1. The van der Waals surface area contributed by atoms with E-state index in [4.69, 9.17) is 14.2 Å². The lowest BCUT2D eigenvalue weighted by Gasteiger charge is -2.26. The van der Waals surface area contributed by atoms with Crippen molar-refractivity contribution in [1.82, 2.24) is 10.2 Å². The second-order valence-corrected chi connectivity index (χ2v) is 12.4. The molecule has 4 rings (SSSR count). The van der Waals surface area contributed by atoms with Crippen molar-refractivity contribution in [2.24, 2.45) is 17.8 Å².